The molecule has 1 aromatic rings. The van der Waals surface area contributed by atoms with Crippen LogP contribution in [0.4, 0.5) is 4.39 Å². The molecule has 14 heavy (non-hydrogen) atoms. The molecule has 0 aliphatic carbocycles. The summed E-state index contributed by atoms with van der Waals surface area (Å²) in [5.74, 6) is 5.47. The summed E-state index contributed by atoms with van der Waals surface area (Å²) in [5.41, 5.74) is 0.816. The SMILES string of the molecule is CC#CCC(NC)c1ccc(F)cn1. The van der Waals surface area contributed by atoms with Crippen molar-refractivity contribution in [2.24, 2.45) is 0 Å². The smallest absolute Gasteiger partial charge is 0.141 e. The summed E-state index contributed by atoms with van der Waals surface area (Å²) >= 11 is 0. The lowest BCUT2D eigenvalue weighted by atomic mass is 10.1. The maximum Gasteiger partial charge on any atom is 0.141 e. The molecular weight excluding hydrogens is 179 g/mol. The summed E-state index contributed by atoms with van der Waals surface area (Å²) in [7, 11) is 1.84. The number of hydrogen-bond acceptors (Lipinski definition) is 2. The van der Waals surface area contributed by atoms with Crippen LogP contribution in [-0.2, 0) is 0 Å². The first-order valence-corrected chi connectivity index (χ1v) is 4.46. The molecule has 1 heterocycles. The van der Waals surface area contributed by atoms with Gasteiger partial charge in [0.05, 0.1) is 17.9 Å². The number of aromatic nitrogens is 1. The summed E-state index contributed by atoms with van der Waals surface area (Å²) in [6.45, 7) is 1.80. The van der Waals surface area contributed by atoms with E-state index in [4.69, 9.17) is 0 Å². The highest BCUT2D eigenvalue weighted by Gasteiger charge is 2.08. The summed E-state index contributed by atoms with van der Waals surface area (Å²) < 4.78 is 12.6. The lowest BCUT2D eigenvalue weighted by Gasteiger charge is -2.11. The van der Waals surface area contributed by atoms with E-state index in [1.807, 2.05) is 7.05 Å². The number of hydrogen-bond donors (Lipinski definition) is 1. The van der Waals surface area contributed by atoms with Crippen molar-refractivity contribution >= 4 is 0 Å². The van der Waals surface area contributed by atoms with Crippen molar-refractivity contribution in [2.75, 3.05) is 7.05 Å². The van der Waals surface area contributed by atoms with Crippen LogP contribution in [-0.4, -0.2) is 12.0 Å². The van der Waals surface area contributed by atoms with E-state index >= 15 is 0 Å². The second kappa shape index (κ2) is 5.36. The Hall–Kier alpha value is -1.40. The second-order valence-corrected chi connectivity index (χ2v) is 2.87. The number of nitrogens with one attached hydrogen (secondary N) is 1. The molecule has 1 unspecified atom stereocenters. The molecule has 0 aliphatic heterocycles. The number of halogens is 1. The predicted octanol–water partition coefficient (Wildman–Crippen LogP) is 1.89. The third kappa shape index (κ3) is 2.82. The van der Waals surface area contributed by atoms with Crippen molar-refractivity contribution in [2.45, 2.75) is 19.4 Å². The zero-order valence-corrected chi connectivity index (χ0v) is 8.34. The molecule has 0 bridgehead atoms. The zero-order valence-electron chi connectivity index (χ0n) is 8.34. The van der Waals surface area contributed by atoms with E-state index < -0.39 is 0 Å². The molecule has 0 spiro atoms. The van der Waals surface area contributed by atoms with Gasteiger partial charge in [-0.15, -0.1) is 11.8 Å². The topological polar surface area (TPSA) is 24.9 Å². The van der Waals surface area contributed by atoms with Gasteiger partial charge in [-0.2, -0.15) is 0 Å². The summed E-state index contributed by atoms with van der Waals surface area (Å²) in [6, 6.07) is 3.16. The third-order valence-electron chi connectivity index (χ3n) is 1.94. The molecule has 0 aromatic carbocycles. The maximum atomic E-state index is 12.6. The number of pyridine rings is 1. The number of nitrogens with zero attached hydrogens (tertiary/aromatic N) is 1. The van der Waals surface area contributed by atoms with Crippen molar-refractivity contribution < 1.29 is 4.39 Å². The Morgan fingerprint density at radius 1 is 1.57 bits per heavy atom. The van der Waals surface area contributed by atoms with Gasteiger partial charge in [0.2, 0.25) is 0 Å². The molecule has 2 nitrogen and oxygen atoms in total. The van der Waals surface area contributed by atoms with E-state index in [-0.39, 0.29) is 11.9 Å². The molecule has 1 rings (SSSR count). The molecule has 1 aromatic heterocycles. The van der Waals surface area contributed by atoms with Crippen molar-refractivity contribution in [1.29, 1.82) is 0 Å². The van der Waals surface area contributed by atoms with Crippen molar-refractivity contribution in [3.05, 3.63) is 29.8 Å². The molecule has 3 heteroatoms. The fraction of sp³-hybridized carbons (Fsp3) is 0.364. The highest BCUT2D eigenvalue weighted by atomic mass is 19.1. The van der Waals surface area contributed by atoms with E-state index in [1.54, 1.807) is 13.0 Å². The van der Waals surface area contributed by atoms with Gasteiger partial charge < -0.3 is 5.32 Å². The quantitative estimate of drug-likeness (QED) is 0.740. The van der Waals surface area contributed by atoms with Gasteiger partial charge in [-0.3, -0.25) is 4.98 Å². The molecular formula is C11H13FN2. The predicted molar refractivity (Wildman–Crippen MR) is 54.1 cm³/mol. The van der Waals surface area contributed by atoms with Crippen LogP contribution in [0.15, 0.2) is 18.3 Å². The van der Waals surface area contributed by atoms with Gasteiger partial charge in [0, 0.05) is 6.42 Å². The largest absolute Gasteiger partial charge is 0.311 e. The van der Waals surface area contributed by atoms with Gasteiger partial charge in [0.1, 0.15) is 5.82 Å². The first-order chi connectivity index (χ1) is 6.77. The molecule has 0 aliphatic rings. The number of rotatable bonds is 3. The Morgan fingerprint density at radius 3 is 2.86 bits per heavy atom. The maximum absolute atomic E-state index is 12.6. The fourth-order valence-corrected chi connectivity index (χ4v) is 1.15. The Balaban J connectivity index is 2.76. The standard InChI is InChI=1S/C11H13FN2/c1-3-4-5-10(13-2)11-7-6-9(12)8-14-11/h6-8,10,13H,5H2,1-2H3. The highest BCUT2D eigenvalue weighted by molar-refractivity contribution is 5.13. The van der Waals surface area contributed by atoms with Crippen molar-refractivity contribution in [3.63, 3.8) is 0 Å². The van der Waals surface area contributed by atoms with Crippen molar-refractivity contribution in [1.82, 2.24) is 10.3 Å². The van der Waals surface area contributed by atoms with Gasteiger partial charge in [-0.25, -0.2) is 4.39 Å². The van der Waals surface area contributed by atoms with Gasteiger partial charge in [-0.05, 0) is 26.1 Å². The van der Waals surface area contributed by atoms with E-state index in [0.717, 1.165) is 5.69 Å². The van der Waals surface area contributed by atoms with Crippen LogP contribution in [0.1, 0.15) is 25.1 Å². The first-order valence-electron chi connectivity index (χ1n) is 4.46. The van der Waals surface area contributed by atoms with E-state index in [2.05, 4.69) is 22.1 Å². The average Bonchev–Trinajstić information content (AvgIpc) is 2.21. The zero-order chi connectivity index (χ0) is 10.4. The minimum Gasteiger partial charge on any atom is -0.311 e. The van der Waals surface area contributed by atoms with Crippen LogP contribution in [0.5, 0.6) is 0 Å². The minimum absolute atomic E-state index is 0.0723. The molecule has 0 radical (unpaired) electrons. The van der Waals surface area contributed by atoms with Gasteiger partial charge >= 0.3 is 0 Å². The molecule has 1 atom stereocenters. The van der Waals surface area contributed by atoms with Crippen LogP contribution in [0.25, 0.3) is 0 Å². The monoisotopic (exact) mass is 192 g/mol. The molecule has 0 fully saturated rings. The summed E-state index contributed by atoms with van der Waals surface area (Å²) in [4.78, 5) is 4.00. The Morgan fingerprint density at radius 2 is 2.36 bits per heavy atom. The van der Waals surface area contributed by atoms with Crippen molar-refractivity contribution in [3.8, 4) is 11.8 Å². The van der Waals surface area contributed by atoms with Gasteiger partial charge in [0.25, 0.3) is 0 Å². The molecule has 1 N–H and O–H groups in total. The van der Waals surface area contributed by atoms with Crippen LogP contribution in [0.3, 0.4) is 0 Å². The lowest BCUT2D eigenvalue weighted by Crippen LogP contribution is -2.16. The van der Waals surface area contributed by atoms with Crippen LogP contribution in [0.2, 0.25) is 0 Å². The third-order valence-corrected chi connectivity index (χ3v) is 1.94. The summed E-state index contributed by atoms with van der Waals surface area (Å²) in [6.07, 6.45) is 1.91. The first kappa shape index (κ1) is 10.7. The van der Waals surface area contributed by atoms with E-state index in [0.29, 0.717) is 6.42 Å². The highest BCUT2D eigenvalue weighted by Crippen LogP contribution is 2.12. The van der Waals surface area contributed by atoms with E-state index in [1.165, 1.54) is 12.3 Å². The minimum atomic E-state index is -0.315. The van der Waals surface area contributed by atoms with Gasteiger partial charge in [-0.1, -0.05) is 0 Å². The fourth-order valence-electron chi connectivity index (χ4n) is 1.15. The van der Waals surface area contributed by atoms with Crippen LogP contribution in [0, 0.1) is 17.7 Å². The van der Waals surface area contributed by atoms with Gasteiger partial charge in [0.15, 0.2) is 0 Å². The molecule has 74 valence electrons. The Labute approximate surface area is 83.6 Å². The molecule has 0 saturated carbocycles. The second-order valence-electron chi connectivity index (χ2n) is 2.87. The molecule has 0 amide bonds. The Kier molecular flexibility index (Phi) is 4.09. The van der Waals surface area contributed by atoms with Crippen LogP contribution < -0.4 is 5.32 Å². The van der Waals surface area contributed by atoms with Crippen LogP contribution >= 0.6 is 0 Å². The average molecular weight is 192 g/mol. The Bertz CT molecular complexity index is 335. The van der Waals surface area contributed by atoms with E-state index in [9.17, 15) is 4.39 Å². The normalized spacial score (nSPS) is 11.6. The summed E-state index contributed by atoms with van der Waals surface area (Å²) in [5, 5.41) is 3.09. The molecule has 0 saturated heterocycles. The lowest BCUT2D eigenvalue weighted by molar-refractivity contribution is 0.579.